The van der Waals surface area contributed by atoms with Crippen molar-refractivity contribution in [2.45, 2.75) is 39.1 Å². The highest BCUT2D eigenvalue weighted by molar-refractivity contribution is 6.36. The minimum absolute atomic E-state index is 0.000721. The van der Waals surface area contributed by atoms with E-state index in [2.05, 4.69) is 4.98 Å². The number of amides is 1. The van der Waals surface area contributed by atoms with Crippen molar-refractivity contribution in [3.8, 4) is 16.9 Å². The Hall–Kier alpha value is -2.87. The molecule has 1 aliphatic heterocycles. The molecule has 6 nitrogen and oxygen atoms in total. The molecule has 3 atom stereocenters. The van der Waals surface area contributed by atoms with Gasteiger partial charge in [0.15, 0.2) is 11.6 Å². The van der Waals surface area contributed by atoms with Gasteiger partial charge in [-0.1, -0.05) is 35.3 Å². The Morgan fingerprint density at radius 2 is 1.80 bits per heavy atom. The smallest absolute Gasteiger partial charge is 0.254 e. The van der Waals surface area contributed by atoms with Crippen LogP contribution < -0.4 is 10.5 Å². The molecular weight excluding hydrogens is 492 g/mol. The molecule has 9 heteroatoms. The lowest BCUT2D eigenvalue weighted by Gasteiger charge is -2.35. The fraction of sp³-hybridized carbons (Fsp3) is 0.308. The molecule has 2 aromatic carbocycles. The van der Waals surface area contributed by atoms with Gasteiger partial charge in [0.25, 0.3) is 5.91 Å². The SMILES string of the molecule is CC1CN(C(=O)c2ccc(-c3cnc(N)c(OC(C)c4c(Cl)ccc(F)c4Cl)c3)cc2)CC(C)O1. The van der Waals surface area contributed by atoms with Gasteiger partial charge in [0.05, 0.1) is 17.2 Å². The Morgan fingerprint density at radius 3 is 2.46 bits per heavy atom. The van der Waals surface area contributed by atoms with Crippen LogP contribution >= 0.6 is 23.2 Å². The molecule has 0 spiro atoms. The normalized spacial score (nSPS) is 18.9. The topological polar surface area (TPSA) is 77.7 Å². The van der Waals surface area contributed by atoms with Crippen molar-refractivity contribution in [3.05, 3.63) is 75.7 Å². The molecule has 1 saturated heterocycles. The summed E-state index contributed by atoms with van der Waals surface area (Å²) in [6.45, 7) is 6.75. The molecule has 35 heavy (non-hydrogen) atoms. The fourth-order valence-electron chi connectivity index (χ4n) is 4.20. The number of hydrogen-bond donors (Lipinski definition) is 1. The molecule has 1 amide bonds. The van der Waals surface area contributed by atoms with Crippen LogP contribution in [0.1, 0.15) is 42.8 Å². The van der Waals surface area contributed by atoms with Gasteiger partial charge in [0.2, 0.25) is 0 Å². The number of carbonyl (C=O) groups excluding carboxylic acids is 1. The molecular formula is C26H26Cl2FN3O3. The van der Waals surface area contributed by atoms with Crippen LogP contribution in [0, 0.1) is 5.82 Å². The van der Waals surface area contributed by atoms with Crippen LogP contribution in [0.25, 0.3) is 11.1 Å². The van der Waals surface area contributed by atoms with E-state index in [1.165, 1.54) is 12.1 Å². The standard InChI is InChI=1S/C26H26Cl2FN3O3/c1-14-12-32(13-15(2)34-14)26(33)18-6-4-17(5-7-18)19-10-22(25(30)31-11-19)35-16(3)23-20(27)8-9-21(29)24(23)28/h4-11,14-16H,12-13H2,1-3H3,(H2,30,31). The van der Waals surface area contributed by atoms with Crippen molar-refractivity contribution in [2.75, 3.05) is 18.8 Å². The summed E-state index contributed by atoms with van der Waals surface area (Å²) in [5.74, 6) is -0.137. The average molecular weight is 518 g/mol. The third-order valence-electron chi connectivity index (χ3n) is 5.84. The Bertz CT molecular complexity index is 1230. The fourth-order valence-corrected chi connectivity index (χ4v) is 4.88. The predicted octanol–water partition coefficient (Wildman–Crippen LogP) is 6.17. The van der Waals surface area contributed by atoms with Crippen molar-refractivity contribution >= 4 is 34.9 Å². The van der Waals surface area contributed by atoms with Gasteiger partial charge in [-0.25, -0.2) is 9.37 Å². The zero-order chi connectivity index (χ0) is 25.3. The minimum Gasteiger partial charge on any atom is -0.482 e. The molecule has 2 N–H and O–H groups in total. The van der Waals surface area contributed by atoms with Crippen molar-refractivity contribution in [1.82, 2.24) is 9.88 Å². The van der Waals surface area contributed by atoms with Crippen LogP contribution in [0.5, 0.6) is 5.75 Å². The van der Waals surface area contributed by atoms with Crippen LogP contribution in [-0.2, 0) is 4.74 Å². The average Bonchev–Trinajstić information content (AvgIpc) is 2.82. The van der Waals surface area contributed by atoms with Gasteiger partial charge < -0.3 is 20.1 Å². The van der Waals surface area contributed by atoms with Crippen molar-refractivity contribution in [3.63, 3.8) is 0 Å². The second kappa shape index (κ2) is 10.4. The molecule has 0 bridgehead atoms. The van der Waals surface area contributed by atoms with Crippen LogP contribution in [0.2, 0.25) is 10.0 Å². The molecule has 1 aromatic heterocycles. The monoisotopic (exact) mass is 517 g/mol. The Morgan fingerprint density at radius 1 is 1.14 bits per heavy atom. The highest BCUT2D eigenvalue weighted by Gasteiger charge is 2.26. The molecule has 184 valence electrons. The van der Waals surface area contributed by atoms with Crippen molar-refractivity contribution < 1.29 is 18.7 Å². The number of hydrogen-bond acceptors (Lipinski definition) is 5. The molecule has 0 radical (unpaired) electrons. The first kappa shape index (κ1) is 25.2. The maximum absolute atomic E-state index is 14.0. The van der Waals surface area contributed by atoms with Crippen LogP contribution in [0.4, 0.5) is 10.2 Å². The summed E-state index contributed by atoms with van der Waals surface area (Å²) in [5.41, 5.74) is 8.53. The second-order valence-corrected chi connectivity index (χ2v) is 9.45. The number of rotatable bonds is 5. The molecule has 2 heterocycles. The largest absolute Gasteiger partial charge is 0.482 e. The number of anilines is 1. The highest BCUT2D eigenvalue weighted by atomic mass is 35.5. The van der Waals surface area contributed by atoms with Crippen LogP contribution in [-0.4, -0.2) is 41.1 Å². The maximum atomic E-state index is 14.0. The summed E-state index contributed by atoms with van der Waals surface area (Å²) in [6.07, 6.45) is 0.946. The van der Waals surface area contributed by atoms with Gasteiger partial charge in [-0.15, -0.1) is 0 Å². The van der Waals surface area contributed by atoms with E-state index < -0.39 is 11.9 Å². The third-order valence-corrected chi connectivity index (χ3v) is 6.56. The number of pyridine rings is 1. The van der Waals surface area contributed by atoms with E-state index in [1.54, 1.807) is 31.3 Å². The zero-order valence-electron chi connectivity index (χ0n) is 19.6. The zero-order valence-corrected chi connectivity index (χ0v) is 21.1. The summed E-state index contributed by atoms with van der Waals surface area (Å²) in [7, 11) is 0. The maximum Gasteiger partial charge on any atom is 0.254 e. The highest BCUT2D eigenvalue weighted by Crippen LogP contribution is 2.37. The van der Waals surface area contributed by atoms with E-state index >= 15 is 0 Å². The number of nitrogens with zero attached hydrogens (tertiary/aromatic N) is 2. The summed E-state index contributed by atoms with van der Waals surface area (Å²) in [4.78, 5) is 19.0. The number of nitrogen functional groups attached to an aromatic ring is 1. The number of aromatic nitrogens is 1. The van der Waals surface area contributed by atoms with Gasteiger partial charge in [-0.05, 0) is 56.7 Å². The number of ether oxygens (including phenoxy) is 2. The van der Waals surface area contributed by atoms with Gasteiger partial charge in [0, 0.05) is 41.0 Å². The van der Waals surface area contributed by atoms with E-state index in [1.807, 2.05) is 30.9 Å². The van der Waals surface area contributed by atoms with Gasteiger partial charge in [-0.3, -0.25) is 4.79 Å². The minimum atomic E-state index is -0.677. The number of morpholine rings is 1. The van der Waals surface area contributed by atoms with E-state index in [9.17, 15) is 9.18 Å². The molecule has 0 saturated carbocycles. The lowest BCUT2D eigenvalue weighted by Crippen LogP contribution is -2.48. The summed E-state index contributed by atoms with van der Waals surface area (Å²) in [5, 5.41) is 0.188. The first-order valence-corrected chi connectivity index (χ1v) is 12.0. The summed E-state index contributed by atoms with van der Waals surface area (Å²) >= 11 is 12.3. The summed E-state index contributed by atoms with van der Waals surface area (Å²) < 4.78 is 25.6. The van der Waals surface area contributed by atoms with Gasteiger partial charge in [-0.2, -0.15) is 0 Å². The molecule has 1 fully saturated rings. The number of halogens is 3. The molecule has 3 aromatic rings. The molecule has 1 aliphatic rings. The third kappa shape index (κ3) is 5.53. The Balaban J connectivity index is 1.54. The Kier molecular flexibility index (Phi) is 7.50. The second-order valence-electron chi connectivity index (χ2n) is 8.67. The number of benzene rings is 2. The van der Waals surface area contributed by atoms with Gasteiger partial charge >= 0.3 is 0 Å². The van der Waals surface area contributed by atoms with Gasteiger partial charge in [0.1, 0.15) is 11.9 Å². The first-order valence-electron chi connectivity index (χ1n) is 11.2. The lowest BCUT2D eigenvalue weighted by molar-refractivity contribution is -0.0586. The van der Waals surface area contributed by atoms with E-state index in [0.29, 0.717) is 30.0 Å². The molecule has 0 aliphatic carbocycles. The predicted molar refractivity (Wildman–Crippen MR) is 135 cm³/mol. The quantitative estimate of drug-likeness (QED) is 0.409. The summed E-state index contributed by atoms with van der Waals surface area (Å²) in [6, 6.07) is 11.6. The first-order chi connectivity index (χ1) is 16.6. The van der Waals surface area contributed by atoms with Crippen molar-refractivity contribution in [2.24, 2.45) is 0 Å². The molecule has 4 rings (SSSR count). The molecule has 3 unspecified atom stereocenters. The van der Waals surface area contributed by atoms with Crippen molar-refractivity contribution in [1.29, 1.82) is 0 Å². The number of carbonyl (C=O) groups is 1. The van der Waals surface area contributed by atoms with Crippen LogP contribution in [0.15, 0.2) is 48.7 Å². The van der Waals surface area contributed by atoms with Crippen LogP contribution in [0.3, 0.4) is 0 Å². The van der Waals surface area contributed by atoms with E-state index in [0.717, 1.165) is 11.1 Å². The van der Waals surface area contributed by atoms with E-state index in [4.69, 9.17) is 38.4 Å². The Labute approximate surface area is 213 Å². The number of nitrogens with two attached hydrogens (primary N) is 1. The van der Waals surface area contributed by atoms with E-state index in [-0.39, 0.29) is 34.0 Å². The lowest BCUT2D eigenvalue weighted by atomic mass is 10.0.